The summed E-state index contributed by atoms with van der Waals surface area (Å²) in [7, 11) is 1.87. The lowest BCUT2D eigenvalue weighted by Crippen LogP contribution is -2.23. The van der Waals surface area contributed by atoms with Gasteiger partial charge in [0.05, 0.1) is 0 Å². The Kier molecular flexibility index (Phi) is 2.67. The molecule has 0 bridgehead atoms. The van der Waals surface area contributed by atoms with Gasteiger partial charge in [0.1, 0.15) is 13.6 Å². The molecule has 0 unspecified atom stereocenters. The van der Waals surface area contributed by atoms with E-state index in [9.17, 15) is 0 Å². The summed E-state index contributed by atoms with van der Waals surface area (Å²) < 4.78 is 0.401. The third-order valence-electron chi connectivity index (χ3n) is 0.786. The van der Waals surface area contributed by atoms with E-state index >= 15 is 0 Å². The maximum Gasteiger partial charge on any atom is 0.281 e. The van der Waals surface area contributed by atoms with E-state index < -0.39 is 0 Å². The van der Waals surface area contributed by atoms with Gasteiger partial charge in [-0.2, -0.15) is 5.53 Å². The highest BCUT2D eigenvalue weighted by Gasteiger charge is 2.11. The number of halogens is 1. The lowest BCUT2D eigenvalue weighted by molar-refractivity contribution is -0.743. The van der Waals surface area contributed by atoms with Crippen LogP contribution in [0.25, 0.3) is 0 Å². The average Bonchev–Trinajstić information content (AvgIpc) is 1.68. The van der Waals surface area contributed by atoms with Gasteiger partial charge >= 0.3 is 0 Å². The zero-order valence-electron chi connectivity index (χ0n) is 4.48. The summed E-state index contributed by atoms with van der Waals surface area (Å²) in [6.45, 7) is 2.86. The second kappa shape index (κ2) is 2.56. The highest BCUT2D eigenvalue weighted by Crippen LogP contribution is 2.09. The highest BCUT2D eigenvalue weighted by molar-refractivity contribution is 14.1. The van der Waals surface area contributed by atoms with Crippen molar-refractivity contribution in [2.45, 2.75) is 6.92 Å². The molecule has 3 nitrogen and oxygen atoms in total. The molecule has 0 aromatic rings. The molecule has 1 atom stereocenters. The van der Waals surface area contributed by atoms with Crippen molar-refractivity contribution in [3.63, 3.8) is 0 Å². The molecule has 0 saturated heterocycles. The van der Waals surface area contributed by atoms with Gasteiger partial charge in [0.15, 0.2) is 0 Å². The molecule has 0 spiro atoms. The Morgan fingerprint density at radius 1 is 1.86 bits per heavy atom. The molecule has 7 heavy (non-hydrogen) atoms. The second-order valence-electron chi connectivity index (χ2n) is 1.44. The lowest BCUT2D eigenvalue weighted by atomic mass is 10.8. The van der Waals surface area contributed by atoms with Crippen LogP contribution in [-0.2, 0) is 0 Å². The maximum atomic E-state index is 6.60. The van der Waals surface area contributed by atoms with Crippen LogP contribution < -0.4 is 0 Å². The first-order valence-electron chi connectivity index (χ1n) is 2.06. The highest BCUT2D eigenvalue weighted by atomic mass is 127. The summed E-state index contributed by atoms with van der Waals surface area (Å²) in [6, 6.07) is 0. The molecule has 0 heterocycles. The lowest BCUT2D eigenvalue weighted by Gasteiger charge is -2.11. The Morgan fingerprint density at radius 2 is 2.29 bits per heavy atom. The van der Waals surface area contributed by atoms with E-state index in [1.54, 1.807) is 0 Å². The minimum atomic E-state index is 0.401. The maximum absolute atomic E-state index is 6.60. The first-order chi connectivity index (χ1) is 3.12. The van der Waals surface area contributed by atoms with Crippen LogP contribution in [-0.4, -0.2) is 16.4 Å². The largest absolute Gasteiger partial charge is 0.281 e. The smallest absolute Gasteiger partial charge is 0.154 e. The fourth-order valence-electron chi connectivity index (χ4n) is 0.0707. The van der Waals surface area contributed by atoms with Crippen LogP contribution in [0, 0.1) is 5.53 Å². The first-order valence-corrected chi connectivity index (χ1v) is 3.03. The first kappa shape index (κ1) is 7.29. The van der Waals surface area contributed by atoms with Crippen LogP contribution in [0.15, 0.2) is 5.22 Å². The van der Waals surface area contributed by atoms with E-state index in [-0.39, 0.29) is 0 Å². The molecule has 0 aliphatic carbocycles. The van der Waals surface area contributed by atoms with Gasteiger partial charge in [-0.05, 0) is 6.92 Å². The van der Waals surface area contributed by atoms with Crippen molar-refractivity contribution < 1.29 is 2.81 Å². The van der Waals surface area contributed by atoms with Crippen molar-refractivity contribution in [1.82, 2.24) is 0 Å². The third kappa shape index (κ3) is 2.93. The molecule has 0 radical (unpaired) electrons. The van der Waals surface area contributed by atoms with Crippen LogP contribution in [0.1, 0.15) is 6.92 Å². The molecule has 0 saturated carbocycles. The number of rotatable bonds is 2. The Hall–Kier alpha value is 0.290. The Morgan fingerprint density at radius 3 is 2.29 bits per heavy atom. The SMILES string of the molecule is CC[N@+](C)(I)N=N. The summed E-state index contributed by atoms with van der Waals surface area (Å²) >= 11 is 2.09. The minimum absolute atomic E-state index is 0.401. The molecule has 42 valence electrons. The molecule has 0 aliphatic heterocycles. The standard InChI is InChI=1S/C3H9IN3/c1-3-7(2,4)6-5/h5H,3H2,1-2H3/q+1/t7-/m1/s1. The molecular weight excluding hydrogens is 205 g/mol. The Bertz CT molecular complexity index is 70.6. The van der Waals surface area contributed by atoms with Gasteiger partial charge in [-0.25, -0.2) is 0 Å². The number of hydrogen-bond donors (Lipinski definition) is 1. The predicted octanol–water partition coefficient (Wildman–Crippen LogP) is 1.75. The van der Waals surface area contributed by atoms with Crippen LogP contribution in [0.2, 0.25) is 0 Å². The fraction of sp³-hybridized carbons (Fsp3) is 1.00. The molecule has 0 aromatic carbocycles. The zero-order chi connectivity index (χ0) is 5.91. The summed E-state index contributed by atoms with van der Waals surface area (Å²) in [5, 5.41) is 3.31. The quantitative estimate of drug-likeness (QED) is 0.314. The molecule has 0 aromatic heterocycles. The van der Waals surface area contributed by atoms with Crippen molar-refractivity contribution in [2.75, 3.05) is 13.6 Å². The van der Waals surface area contributed by atoms with E-state index in [1.165, 1.54) is 0 Å². The number of nitrogens with zero attached hydrogens (tertiary/aromatic N) is 2. The van der Waals surface area contributed by atoms with Crippen molar-refractivity contribution in [3.05, 3.63) is 0 Å². The van der Waals surface area contributed by atoms with E-state index in [4.69, 9.17) is 5.53 Å². The van der Waals surface area contributed by atoms with Gasteiger partial charge in [-0.1, -0.05) is 0 Å². The molecule has 1 N–H and O–H groups in total. The monoisotopic (exact) mass is 214 g/mol. The van der Waals surface area contributed by atoms with Crippen molar-refractivity contribution in [3.8, 4) is 0 Å². The van der Waals surface area contributed by atoms with Gasteiger partial charge in [0.25, 0.3) is 22.9 Å². The second-order valence-corrected chi connectivity index (χ2v) is 3.52. The average molecular weight is 214 g/mol. The van der Waals surface area contributed by atoms with Gasteiger partial charge in [0.2, 0.25) is 0 Å². The summed E-state index contributed by atoms with van der Waals surface area (Å²) in [5.41, 5.74) is 6.60. The number of quaternary nitrogens is 1. The van der Waals surface area contributed by atoms with Crippen LogP contribution in [0.3, 0.4) is 0 Å². The predicted molar refractivity (Wildman–Crippen MR) is 35.9 cm³/mol. The number of hydrogen-bond acceptors (Lipinski definition) is 2. The van der Waals surface area contributed by atoms with Crippen LogP contribution >= 0.6 is 22.9 Å². The van der Waals surface area contributed by atoms with Crippen molar-refractivity contribution in [2.24, 2.45) is 5.22 Å². The van der Waals surface area contributed by atoms with E-state index in [0.717, 1.165) is 6.54 Å². The van der Waals surface area contributed by atoms with Gasteiger partial charge in [0, 0.05) is 5.22 Å². The van der Waals surface area contributed by atoms with Gasteiger partial charge in [-0.15, -0.1) is 2.81 Å². The molecule has 0 rings (SSSR count). The summed E-state index contributed by atoms with van der Waals surface area (Å²) in [5.74, 6) is 0. The Labute approximate surface area is 57.3 Å². The van der Waals surface area contributed by atoms with Crippen molar-refractivity contribution in [1.29, 1.82) is 5.53 Å². The van der Waals surface area contributed by atoms with E-state index in [2.05, 4.69) is 28.1 Å². The summed E-state index contributed by atoms with van der Waals surface area (Å²) in [6.07, 6.45) is 0. The van der Waals surface area contributed by atoms with Crippen LogP contribution in [0.5, 0.6) is 0 Å². The van der Waals surface area contributed by atoms with E-state index in [0.29, 0.717) is 2.81 Å². The normalized spacial score (nSPS) is 18.1. The van der Waals surface area contributed by atoms with Crippen LogP contribution in [0.4, 0.5) is 0 Å². The molecule has 0 amide bonds. The molecular formula is C3H9IN3+. The van der Waals surface area contributed by atoms with Crippen molar-refractivity contribution >= 4 is 22.9 Å². The molecule has 0 aliphatic rings. The summed E-state index contributed by atoms with van der Waals surface area (Å²) in [4.78, 5) is 0. The zero-order valence-corrected chi connectivity index (χ0v) is 6.64. The number of nitrogens with one attached hydrogen (secondary N) is 1. The minimum Gasteiger partial charge on any atom is -0.154 e. The van der Waals surface area contributed by atoms with Gasteiger partial charge < -0.3 is 0 Å². The topological polar surface area (TPSA) is 36.2 Å². The Balaban J connectivity index is 3.58. The van der Waals surface area contributed by atoms with Gasteiger partial charge in [-0.3, -0.25) is 0 Å². The fourth-order valence-corrected chi connectivity index (χ4v) is 0.0707. The molecule has 4 heteroatoms. The third-order valence-corrected chi connectivity index (χ3v) is 1.68. The molecule has 0 fully saturated rings. The van der Waals surface area contributed by atoms with E-state index in [1.807, 2.05) is 14.0 Å².